The lowest BCUT2D eigenvalue weighted by Crippen LogP contribution is -2.29. The third-order valence-electron chi connectivity index (χ3n) is 3.28. The van der Waals surface area contributed by atoms with Crippen molar-refractivity contribution in [2.75, 3.05) is 5.84 Å². The van der Waals surface area contributed by atoms with Crippen LogP contribution in [0, 0.1) is 12.7 Å². The maximum absolute atomic E-state index is 13.2. The van der Waals surface area contributed by atoms with Gasteiger partial charge in [-0.1, -0.05) is 35.5 Å². The summed E-state index contributed by atoms with van der Waals surface area (Å²) in [7, 11) is 0. The molecule has 3 rings (SSSR count). The fourth-order valence-corrected chi connectivity index (χ4v) is 3.03. The van der Waals surface area contributed by atoms with E-state index < -0.39 is 0 Å². The summed E-state index contributed by atoms with van der Waals surface area (Å²) in [6.07, 6.45) is 0. The number of benzene rings is 2. The third kappa shape index (κ3) is 2.82. The first-order valence-corrected chi connectivity index (χ1v) is 7.69. The number of nitrogen functional groups attached to an aromatic ring is 1. The minimum Gasteiger partial charge on any atom is -0.334 e. The molecule has 112 valence electrons. The van der Waals surface area contributed by atoms with Gasteiger partial charge in [0.25, 0.3) is 5.56 Å². The summed E-state index contributed by atoms with van der Waals surface area (Å²) in [6.45, 7) is 1.91. The molecule has 1 heterocycles. The molecule has 0 spiro atoms. The molecule has 0 bridgehead atoms. The monoisotopic (exact) mass is 315 g/mol. The molecule has 4 nitrogen and oxygen atoms in total. The Balaban J connectivity index is 1.96. The highest BCUT2D eigenvalue weighted by atomic mass is 32.2. The van der Waals surface area contributed by atoms with Crippen molar-refractivity contribution in [1.29, 1.82) is 0 Å². The zero-order valence-corrected chi connectivity index (χ0v) is 12.7. The lowest BCUT2D eigenvalue weighted by molar-refractivity contribution is 0.626. The van der Waals surface area contributed by atoms with E-state index in [0.717, 1.165) is 15.8 Å². The number of rotatable bonds is 3. The zero-order chi connectivity index (χ0) is 15.7. The van der Waals surface area contributed by atoms with Crippen LogP contribution in [0.1, 0.15) is 11.1 Å². The molecule has 0 atom stereocenters. The van der Waals surface area contributed by atoms with Gasteiger partial charge >= 0.3 is 0 Å². The second-order valence-corrected chi connectivity index (χ2v) is 5.95. The van der Waals surface area contributed by atoms with Gasteiger partial charge in [0.15, 0.2) is 5.16 Å². The van der Waals surface area contributed by atoms with E-state index >= 15 is 0 Å². The Labute approximate surface area is 130 Å². The largest absolute Gasteiger partial charge is 0.334 e. The number of hydrogen-bond donors (Lipinski definition) is 1. The Morgan fingerprint density at radius 1 is 1.27 bits per heavy atom. The molecular weight excluding hydrogens is 301 g/mol. The number of nitrogens with zero attached hydrogens (tertiary/aromatic N) is 2. The molecule has 0 aliphatic carbocycles. The van der Waals surface area contributed by atoms with Crippen molar-refractivity contribution in [2.45, 2.75) is 17.8 Å². The third-order valence-corrected chi connectivity index (χ3v) is 4.30. The first-order chi connectivity index (χ1) is 10.5. The molecule has 3 aromatic rings. The summed E-state index contributed by atoms with van der Waals surface area (Å²) in [6, 6.07) is 11.8. The number of fused-ring (bicyclic) bond motifs is 1. The smallest absolute Gasteiger partial charge is 0.280 e. The van der Waals surface area contributed by atoms with Gasteiger partial charge in [-0.15, -0.1) is 0 Å². The van der Waals surface area contributed by atoms with E-state index in [1.54, 1.807) is 18.2 Å². The molecule has 0 saturated carbocycles. The van der Waals surface area contributed by atoms with E-state index in [4.69, 9.17) is 5.84 Å². The van der Waals surface area contributed by atoms with Crippen molar-refractivity contribution in [3.8, 4) is 0 Å². The second-order valence-electron chi connectivity index (χ2n) is 5.01. The van der Waals surface area contributed by atoms with Crippen LogP contribution in [0.5, 0.6) is 0 Å². The topological polar surface area (TPSA) is 60.9 Å². The fraction of sp³-hybridized carbons (Fsp3) is 0.125. The molecule has 0 unspecified atom stereocenters. The minimum absolute atomic E-state index is 0.282. The quantitative estimate of drug-likeness (QED) is 0.459. The average molecular weight is 315 g/mol. The predicted octanol–water partition coefficient (Wildman–Crippen LogP) is 2.85. The average Bonchev–Trinajstić information content (AvgIpc) is 2.50. The van der Waals surface area contributed by atoms with E-state index in [0.29, 0.717) is 21.8 Å². The number of thioether (sulfide) groups is 1. The first kappa shape index (κ1) is 14.6. The van der Waals surface area contributed by atoms with Crippen LogP contribution < -0.4 is 11.4 Å². The van der Waals surface area contributed by atoms with Gasteiger partial charge < -0.3 is 5.84 Å². The maximum Gasteiger partial charge on any atom is 0.280 e. The maximum atomic E-state index is 13.2. The molecule has 0 radical (unpaired) electrons. The van der Waals surface area contributed by atoms with Crippen LogP contribution in [-0.4, -0.2) is 9.66 Å². The second kappa shape index (κ2) is 5.81. The standard InChI is InChI=1S/C16H14FN3OS/c1-10-5-6-14-13(7-10)15(21)20(18)16(19-14)22-9-11-3-2-4-12(17)8-11/h2-8H,9,18H2,1H3. The Morgan fingerprint density at radius 3 is 2.86 bits per heavy atom. The Morgan fingerprint density at radius 2 is 2.09 bits per heavy atom. The van der Waals surface area contributed by atoms with Crippen LogP contribution >= 0.6 is 11.8 Å². The van der Waals surface area contributed by atoms with E-state index in [1.165, 1.54) is 23.9 Å². The van der Waals surface area contributed by atoms with Crippen molar-refractivity contribution in [3.63, 3.8) is 0 Å². The summed E-state index contributed by atoms with van der Waals surface area (Å²) in [5, 5.41) is 0.906. The molecule has 0 saturated heterocycles. The van der Waals surface area contributed by atoms with Crippen molar-refractivity contribution in [2.24, 2.45) is 0 Å². The predicted molar refractivity (Wildman–Crippen MR) is 86.9 cm³/mol. The Kier molecular flexibility index (Phi) is 3.85. The van der Waals surface area contributed by atoms with Crippen molar-refractivity contribution >= 4 is 22.7 Å². The summed E-state index contributed by atoms with van der Waals surface area (Å²) in [5.41, 5.74) is 2.12. The van der Waals surface area contributed by atoms with Crippen LogP contribution in [0.4, 0.5) is 4.39 Å². The van der Waals surface area contributed by atoms with Gasteiger partial charge in [0.1, 0.15) is 5.82 Å². The molecule has 2 aromatic carbocycles. The van der Waals surface area contributed by atoms with E-state index in [1.807, 2.05) is 19.1 Å². The molecule has 0 amide bonds. The van der Waals surface area contributed by atoms with Gasteiger partial charge in [0.05, 0.1) is 10.9 Å². The lowest BCUT2D eigenvalue weighted by Gasteiger charge is -2.09. The molecule has 0 aliphatic rings. The van der Waals surface area contributed by atoms with E-state index in [9.17, 15) is 9.18 Å². The summed E-state index contributed by atoms with van der Waals surface area (Å²) in [4.78, 5) is 16.7. The molecular formula is C16H14FN3OS. The summed E-state index contributed by atoms with van der Waals surface area (Å²) >= 11 is 1.30. The Bertz CT molecular complexity index is 908. The Hall–Kier alpha value is -2.34. The van der Waals surface area contributed by atoms with Crippen LogP contribution in [0.15, 0.2) is 52.4 Å². The van der Waals surface area contributed by atoms with Crippen LogP contribution in [0.25, 0.3) is 10.9 Å². The molecule has 22 heavy (non-hydrogen) atoms. The van der Waals surface area contributed by atoms with Gasteiger partial charge in [-0.2, -0.15) is 0 Å². The van der Waals surface area contributed by atoms with Gasteiger partial charge in [-0.3, -0.25) is 4.79 Å². The highest BCUT2D eigenvalue weighted by Gasteiger charge is 2.10. The van der Waals surface area contributed by atoms with Crippen LogP contribution in [-0.2, 0) is 5.75 Å². The van der Waals surface area contributed by atoms with Crippen molar-refractivity contribution in [3.05, 3.63) is 69.8 Å². The normalized spacial score (nSPS) is 11.0. The van der Waals surface area contributed by atoms with Gasteiger partial charge in [-0.05, 0) is 36.8 Å². The van der Waals surface area contributed by atoms with E-state index in [-0.39, 0.29) is 11.4 Å². The van der Waals surface area contributed by atoms with Crippen LogP contribution in [0.2, 0.25) is 0 Å². The fourth-order valence-electron chi connectivity index (χ4n) is 2.17. The number of aryl methyl sites for hydroxylation is 1. The van der Waals surface area contributed by atoms with Crippen molar-refractivity contribution < 1.29 is 4.39 Å². The molecule has 6 heteroatoms. The summed E-state index contributed by atoms with van der Waals surface area (Å²) in [5.74, 6) is 6.04. The number of nitrogens with two attached hydrogens (primary N) is 1. The zero-order valence-electron chi connectivity index (χ0n) is 11.9. The molecule has 0 aliphatic heterocycles. The number of aromatic nitrogens is 2. The lowest BCUT2D eigenvalue weighted by atomic mass is 10.2. The highest BCUT2D eigenvalue weighted by molar-refractivity contribution is 7.98. The summed E-state index contributed by atoms with van der Waals surface area (Å²) < 4.78 is 14.2. The minimum atomic E-state index is -0.287. The van der Waals surface area contributed by atoms with Crippen molar-refractivity contribution in [1.82, 2.24) is 9.66 Å². The molecule has 2 N–H and O–H groups in total. The molecule has 1 aromatic heterocycles. The first-order valence-electron chi connectivity index (χ1n) is 6.70. The highest BCUT2D eigenvalue weighted by Crippen LogP contribution is 2.21. The van der Waals surface area contributed by atoms with Crippen LogP contribution in [0.3, 0.4) is 0 Å². The number of hydrogen-bond acceptors (Lipinski definition) is 4. The van der Waals surface area contributed by atoms with Gasteiger partial charge in [-0.25, -0.2) is 14.1 Å². The SMILES string of the molecule is Cc1ccc2nc(SCc3cccc(F)c3)n(N)c(=O)c2c1. The van der Waals surface area contributed by atoms with Gasteiger partial charge in [0, 0.05) is 5.75 Å². The number of halogens is 1. The van der Waals surface area contributed by atoms with E-state index in [2.05, 4.69) is 4.98 Å². The van der Waals surface area contributed by atoms with Gasteiger partial charge in [0.2, 0.25) is 0 Å². The molecule has 0 fully saturated rings.